The highest BCUT2D eigenvalue weighted by Crippen LogP contribution is 2.30. The van der Waals surface area contributed by atoms with Crippen molar-refractivity contribution in [2.24, 2.45) is 0 Å². The number of hydrogen-bond acceptors (Lipinski definition) is 2. The third kappa shape index (κ3) is 3.65. The number of nitrogens with zero attached hydrogens (tertiary/aromatic N) is 1. The number of aryl methyl sites for hydroxylation is 1. The van der Waals surface area contributed by atoms with Gasteiger partial charge in [-0.1, -0.05) is 47.7 Å². The van der Waals surface area contributed by atoms with Gasteiger partial charge < -0.3 is 10.0 Å². The number of phenolic OH excluding ortho intramolecular Hbond substituents is 1. The van der Waals surface area contributed by atoms with Crippen LogP contribution >= 0.6 is 22.6 Å². The molecule has 0 unspecified atom stereocenters. The quantitative estimate of drug-likeness (QED) is 0.627. The van der Waals surface area contributed by atoms with Crippen LogP contribution in [0.1, 0.15) is 30.9 Å². The van der Waals surface area contributed by atoms with Crippen LogP contribution in [-0.2, 0) is 12.8 Å². The molecule has 0 amide bonds. The van der Waals surface area contributed by atoms with Gasteiger partial charge in [0, 0.05) is 17.0 Å². The van der Waals surface area contributed by atoms with E-state index in [9.17, 15) is 5.11 Å². The van der Waals surface area contributed by atoms with Crippen molar-refractivity contribution in [1.82, 2.24) is 4.90 Å². The number of halogens is 1. The molecule has 0 saturated heterocycles. The van der Waals surface area contributed by atoms with Crippen molar-refractivity contribution < 1.29 is 5.11 Å². The highest BCUT2D eigenvalue weighted by molar-refractivity contribution is 14.1. The predicted octanol–water partition coefficient (Wildman–Crippen LogP) is 3.91. The molecular formula is C16H22INO. The molecule has 2 rings (SSSR count). The lowest BCUT2D eigenvalue weighted by Crippen LogP contribution is -2.36. The zero-order valence-electron chi connectivity index (χ0n) is 11.5. The first-order valence-electron chi connectivity index (χ1n) is 7.04. The maximum absolute atomic E-state index is 10.0. The summed E-state index contributed by atoms with van der Waals surface area (Å²) in [6.45, 7) is 3.32. The van der Waals surface area contributed by atoms with E-state index in [0.29, 0.717) is 11.8 Å². The number of rotatable bonds is 5. The Labute approximate surface area is 129 Å². The Morgan fingerprint density at radius 2 is 2.32 bits per heavy atom. The Morgan fingerprint density at radius 3 is 3.05 bits per heavy atom. The van der Waals surface area contributed by atoms with Crippen LogP contribution in [-0.4, -0.2) is 27.0 Å². The lowest BCUT2D eigenvalue weighted by molar-refractivity contribution is 0.250. The molecule has 0 radical (unpaired) electrons. The first-order valence-corrected chi connectivity index (χ1v) is 8.57. The van der Waals surface area contributed by atoms with Crippen LogP contribution in [0.5, 0.6) is 5.75 Å². The molecule has 0 spiro atoms. The molecule has 1 N–H and O–H groups in total. The average molecular weight is 371 g/mol. The van der Waals surface area contributed by atoms with Gasteiger partial charge in [0.25, 0.3) is 0 Å². The average Bonchev–Trinajstić information content (AvgIpc) is 2.44. The van der Waals surface area contributed by atoms with Gasteiger partial charge in [-0.05, 0) is 49.1 Å². The Morgan fingerprint density at radius 1 is 1.47 bits per heavy atom. The normalized spacial score (nSPS) is 18.5. The molecule has 1 atom stereocenters. The largest absolute Gasteiger partial charge is 0.508 e. The van der Waals surface area contributed by atoms with E-state index in [2.05, 4.69) is 52.8 Å². The van der Waals surface area contributed by atoms with Gasteiger partial charge in [0.15, 0.2) is 0 Å². The molecule has 1 aliphatic carbocycles. The summed E-state index contributed by atoms with van der Waals surface area (Å²) in [5, 5.41) is 10.0. The van der Waals surface area contributed by atoms with E-state index in [4.69, 9.17) is 0 Å². The topological polar surface area (TPSA) is 23.5 Å². The van der Waals surface area contributed by atoms with E-state index in [1.807, 2.05) is 12.1 Å². The van der Waals surface area contributed by atoms with Gasteiger partial charge >= 0.3 is 0 Å². The fraction of sp³-hybridized carbons (Fsp3) is 0.500. The Kier molecular flexibility index (Phi) is 5.55. The van der Waals surface area contributed by atoms with E-state index in [0.717, 1.165) is 35.8 Å². The van der Waals surface area contributed by atoms with Gasteiger partial charge in [-0.15, -0.1) is 0 Å². The summed E-state index contributed by atoms with van der Waals surface area (Å²) in [4.78, 5) is 2.45. The second kappa shape index (κ2) is 7.17. The van der Waals surface area contributed by atoms with Crippen LogP contribution in [0.3, 0.4) is 0 Å². The van der Waals surface area contributed by atoms with Gasteiger partial charge in [-0.25, -0.2) is 0 Å². The number of hydrogen-bond donors (Lipinski definition) is 1. The summed E-state index contributed by atoms with van der Waals surface area (Å²) in [6, 6.07) is 6.44. The second-order valence-electron chi connectivity index (χ2n) is 5.09. The highest BCUT2D eigenvalue weighted by Gasteiger charge is 2.23. The maximum Gasteiger partial charge on any atom is 0.119 e. The second-order valence-corrected chi connectivity index (χ2v) is 5.97. The molecule has 0 aromatic heterocycles. The molecule has 1 aliphatic rings. The lowest BCUT2D eigenvalue weighted by atomic mass is 9.87. The van der Waals surface area contributed by atoms with E-state index in [-0.39, 0.29) is 0 Å². The van der Waals surface area contributed by atoms with Gasteiger partial charge in [-0.3, -0.25) is 0 Å². The van der Waals surface area contributed by atoms with Crippen LogP contribution in [0.15, 0.2) is 30.5 Å². The van der Waals surface area contributed by atoms with Crippen LogP contribution < -0.4 is 0 Å². The summed E-state index contributed by atoms with van der Waals surface area (Å²) in [5.74, 6) is 0.469. The standard InChI is InChI=1S/C16H22INO/c1-2-10-18(11-4-9-17)14-8-7-13-5-3-6-16(19)15(13)12-14/h3-6,11,14,19H,2,7-10,12H2,1H3/b11-4+/t14-/m0/s1. The monoisotopic (exact) mass is 371 g/mol. The van der Waals surface area contributed by atoms with Crippen LogP contribution in [0, 0.1) is 0 Å². The van der Waals surface area contributed by atoms with Crippen molar-refractivity contribution in [2.75, 3.05) is 11.0 Å². The Bertz CT molecular complexity index is 444. The third-order valence-corrected chi connectivity index (χ3v) is 4.28. The molecule has 0 saturated carbocycles. The number of allylic oxidation sites excluding steroid dienone is 1. The fourth-order valence-corrected chi connectivity index (χ4v) is 3.07. The van der Waals surface area contributed by atoms with Gasteiger partial charge in [0.05, 0.1) is 0 Å². The lowest BCUT2D eigenvalue weighted by Gasteiger charge is -2.34. The zero-order valence-corrected chi connectivity index (χ0v) is 13.6. The molecule has 19 heavy (non-hydrogen) atoms. The number of benzene rings is 1. The highest BCUT2D eigenvalue weighted by atomic mass is 127. The maximum atomic E-state index is 10.0. The molecule has 0 fully saturated rings. The fourth-order valence-electron chi connectivity index (χ4n) is 2.85. The summed E-state index contributed by atoms with van der Waals surface area (Å²) < 4.78 is 1.05. The number of phenols is 1. The van der Waals surface area contributed by atoms with Crippen molar-refractivity contribution in [3.8, 4) is 5.75 Å². The molecular weight excluding hydrogens is 349 g/mol. The zero-order chi connectivity index (χ0) is 13.7. The molecule has 1 aromatic carbocycles. The van der Waals surface area contributed by atoms with Crippen LogP contribution in [0.4, 0.5) is 0 Å². The number of aromatic hydroxyl groups is 1. The van der Waals surface area contributed by atoms with Crippen LogP contribution in [0.25, 0.3) is 0 Å². The van der Waals surface area contributed by atoms with Crippen molar-refractivity contribution in [2.45, 2.75) is 38.6 Å². The minimum Gasteiger partial charge on any atom is -0.508 e. The molecule has 104 valence electrons. The summed E-state index contributed by atoms with van der Waals surface area (Å²) in [7, 11) is 0. The van der Waals surface area contributed by atoms with Crippen molar-refractivity contribution in [3.05, 3.63) is 41.6 Å². The van der Waals surface area contributed by atoms with E-state index in [1.54, 1.807) is 0 Å². The number of fused-ring (bicyclic) bond motifs is 1. The minimum atomic E-state index is 0.469. The van der Waals surface area contributed by atoms with Crippen LogP contribution in [0.2, 0.25) is 0 Å². The molecule has 2 nitrogen and oxygen atoms in total. The predicted molar refractivity (Wildman–Crippen MR) is 88.9 cm³/mol. The summed E-state index contributed by atoms with van der Waals surface area (Å²) in [5.41, 5.74) is 2.48. The molecule has 1 aromatic rings. The molecule has 3 heteroatoms. The van der Waals surface area contributed by atoms with E-state index < -0.39 is 0 Å². The first kappa shape index (κ1) is 14.7. The Hall–Kier alpha value is -0.710. The molecule has 0 aliphatic heterocycles. The van der Waals surface area contributed by atoms with E-state index in [1.165, 1.54) is 12.0 Å². The molecule has 0 bridgehead atoms. The van der Waals surface area contributed by atoms with Gasteiger partial charge in [-0.2, -0.15) is 0 Å². The van der Waals surface area contributed by atoms with Gasteiger partial charge in [0.2, 0.25) is 0 Å². The van der Waals surface area contributed by atoms with Crippen molar-refractivity contribution >= 4 is 22.6 Å². The van der Waals surface area contributed by atoms with Gasteiger partial charge in [0.1, 0.15) is 5.75 Å². The SMILES string of the molecule is CCCN(/C=C/CI)[C@H]1CCc2cccc(O)c2C1. The Balaban J connectivity index is 2.14. The number of alkyl halides is 1. The first-order chi connectivity index (χ1) is 9.26. The molecule has 0 heterocycles. The third-order valence-electron chi connectivity index (χ3n) is 3.77. The minimum absolute atomic E-state index is 0.469. The summed E-state index contributed by atoms with van der Waals surface area (Å²) in [6.07, 6.45) is 8.85. The smallest absolute Gasteiger partial charge is 0.119 e. The van der Waals surface area contributed by atoms with Crippen molar-refractivity contribution in [3.63, 3.8) is 0 Å². The van der Waals surface area contributed by atoms with Crippen molar-refractivity contribution in [1.29, 1.82) is 0 Å². The van der Waals surface area contributed by atoms with E-state index >= 15 is 0 Å². The summed E-state index contributed by atoms with van der Waals surface area (Å²) >= 11 is 2.37.